The zero-order valence-corrected chi connectivity index (χ0v) is 14.0. The van der Waals surface area contributed by atoms with Crippen molar-refractivity contribution in [3.05, 3.63) is 57.4 Å². The first kappa shape index (κ1) is 16.2. The number of aromatic nitrogens is 2. The van der Waals surface area contributed by atoms with Gasteiger partial charge >= 0.3 is 0 Å². The van der Waals surface area contributed by atoms with E-state index in [4.69, 9.17) is 0 Å². The molecule has 2 aromatic heterocycles. The number of hydrogen-bond donors (Lipinski definition) is 1. The molecule has 1 N–H and O–H groups in total. The highest BCUT2D eigenvalue weighted by Gasteiger charge is 2.14. The lowest BCUT2D eigenvalue weighted by molar-refractivity contribution is 0.168. The van der Waals surface area contributed by atoms with Gasteiger partial charge in [-0.15, -0.1) is 11.3 Å². The van der Waals surface area contributed by atoms with Gasteiger partial charge in [0, 0.05) is 5.75 Å². The molecule has 0 unspecified atom stereocenters. The molecule has 0 bridgehead atoms. The van der Waals surface area contributed by atoms with Crippen LogP contribution in [0.5, 0.6) is 0 Å². The Morgan fingerprint density at radius 3 is 2.78 bits per heavy atom. The molecule has 1 aromatic carbocycles. The fourth-order valence-corrected chi connectivity index (χ4v) is 3.93. The smallest absolute Gasteiger partial charge is 0.272 e. The van der Waals surface area contributed by atoms with E-state index in [-0.39, 0.29) is 17.9 Å². The summed E-state index contributed by atoms with van der Waals surface area (Å²) in [4.78, 5) is 17.1. The number of rotatable bonds is 5. The lowest BCUT2D eigenvalue weighted by atomic mass is 10.2. The molecule has 1 atom stereocenters. The quantitative estimate of drug-likeness (QED) is 0.567. The minimum atomic E-state index is -0.642. The second-order valence-electron chi connectivity index (χ2n) is 5.21. The summed E-state index contributed by atoms with van der Waals surface area (Å²) in [5.41, 5.74) is 1.48. The van der Waals surface area contributed by atoms with Gasteiger partial charge in [0.25, 0.3) is 5.56 Å². The topological polar surface area (TPSA) is 55.1 Å². The van der Waals surface area contributed by atoms with Crippen LogP contribution in [-0.2, 0) is 12.3 Å². The summed E-state index contributed by atoms with van der Waals surface area (Å²) in [6, 6.07) is 8.06. The minimum Gasteiger partial charge on any atom is -0.392 e. The molecule has 0 saturated heterocycles. The van der Waals surface area contributed by atoms with Crippen LogP contribution in [0.4, 0.5) is 4.39 Å². The molecule has 7 heteroatoms. The molecule has 2 heterocycles. The van der Waals surface area contributed by atoms with Crippen molar-refractivity contribution in [3.63, 3.8) is 0 Å². The van der Waals surface area contributed by atoms with Crippen molar-refractivity contribution < 1.29 is 9.50 Å². The Morgan fingerprint density at radius 2 is 2.09 bits per heavy atom. The number of halogens is 1. The molecule has 0 spiro atoms. The summed E-state index contributed by atoms with van der Waals surface area (Å²) in [5.74, 6) is 0.296. The summed E-state index contributed by atoms with van der Waals surface area (Å²) < 4.78 is 15.1. The molecule has 0 radical (unpaired) electrons. The molecular weight excluding hydrogens is 335 g/mol. The molecule has 0 saturated carbocycles. The lowest BCUT2D eigenvalue weighted by Gasteiger charge is -2.13. The third kappa shape index (κ3) is 3.63. The third-order valence-electron chi connectivity index (χ3n) is 3.26. The van der Waals surface area contributed by atoms with Crippen LogP contribution >= 0.6 is 23.1 Å². The van der Waals surface area contributed by atoms with Crippen molar-refractivity contribution in [1.29, 1.82) is 0 Å². The molecular formula is C16H15FN2O2S2. The third-order valence-corrected chi connectivity index (χ3v) is 5.20. The average Bonchev–Trinajstić information content (AvgIpc) is 2.98. The van der Waals surface area contributed by atoms with E-state index < -0.39 is 6.10 Å². The van der Waals surface area contributed by atoms with Crippen LogP contribution in [0.15, 0.2) is 45.7 Å². The number of nitrogens with zero attached hydrogens (tertiary/aromatic N) is 2. The largest absolute Gasteiger partial charge is 0.392 e. The molecule has 0 aliphatic heterocycles. The highest BCUT2D eigenvalue weighted by Crippen LogP contribution is 2.24. The van der Waals surface area contributed by atoms with Crippen molar-refractivity contribution in [3.8, 4) is 0 Å². The van der Waals surface area contributed by atoms with Crippen LogP contribution in [0.25, 0.3) is 10.2 Å². The maximum Gasteiger partial charge on any atom is 0.272 e. The van der Waals surface area contributed by atoms with Gasteiger partial charge in [-0.3, -0.25) is 9.36 Å². The Balaban J connectivity index is 1.94. The predicted octanol–water partition coefficient (Wildman–Crippen LogP) is 3.27. The van der Waals surface area contributed by atoms with Crippen LogP contribution in [0.2, 0.25) is 0 Å². The first-order chi connectivity index (χ1) is 11.0. The molecule has 0 amide bonds. The summed E-state index contributed by atoms with van der Waals surface area (Å²) in [6.45, 7) is 1.84. The number of fused-ring (bicyclic) bond motifs is 1. The summed E-state index contributed by atoms with van der Waals surface area (Å²) in [6.07, 6.45) is -0.642. The normalized spacial score (nSPS) is 12.7. The van der Waals surface area contributed by atoms with Gasteiger partial charge in [0.1, 0.15) is 10.5 Å². The summed E-state index contributed by atoms with van der Waals surface area (Å²) in [5, 5.41) is 12.1. The van der Waals surface area contributed by atoms with Gasteiger partial charge in [0.15, 0.2) is 5.16 Å². The first-order valence-electron chi connectivity index (χ1n) is 7.08. The van der Waals surface area contributed by atoms with Gasteiger partial charge in [0.2, 0.25) is 0 Å². The van der Waals surface area contributed by atoms with Crippen LogP contribution in [0, 0.1) is 5.82 Å². The second-order valence-corrected chi connectivity index (χ2v) is 7.07. The van der Waals surface area contributed by atoms with Crippen LogP contribution in [0.1, 0.15) is 12.5 Å². The standard InChI is InChI=1S/C16H15FN2O2S2/c1-10(20)8-19-15(21)14-13(6-7-22-14)18-16(19)23-9-11-2-4-12(17)5-3-11/h2-7,10,20H,8-9H2,1H3/t10-/m0/s1. The average molecular weight is 350 g/mol. The van der Waals surface area contributed by atoms with E-state index in [0.717, 1.165) is 5.56 Å². The Bertz CT molecular complexity index is 872. The molecule has 4 nitrogen and oxygen atoms in total. The van der Waals surface area contributed by atoms with Crippen LogP contribution < -0.4 is 5.56 Å². The number of thioether (sulfide) groups is 1. The summed E-state index contributed by atoms with van der Waals surface area (Å²) >= 11 is 2.75. The van der Waals surface area contributed by atoms with E-state index >= 15 is 0 Å². The van der Waals surface area contributed by atoms with E-state index in [1.54, 1.807) is 19.1 Å². The Hall–Kier alpha value is -1.70. The van der Waals surface area contributed by atoms with Crippen molar-refractivity contribution in [2.45, 2.75) is 30.5 Å². The number of thiophene rings is 1. The minimum absolute atomic E-state index is 0.132. The van der Waals surface area contributed by atoms with E-state index in [9.17, 15) is 14.3 Å². The van der Waals surface area contributed by atoms with Gasteiger partial charge in [-0.1, -0.05) is 23.9 Å². The zero-order valence-electron chi connectivity index (χ0n) is 12.4. The first-order valence-corrected chi connectivity index (χ1v) is 8.94. The Labute approximate surface area is 140 Å². The van der Waals surface area contributed by atoms with E-state index in [1.165, 1.54) is 39.8 Å². The van der Waals surface area contributed by atoms with E-state index in [0.29, 0.717) is 21.1 Å². The second kappa shape index (κ2) is 6.82. The fraction of sp³-hybridized carbons (Fsp3) is 0.250. The van der Waals surface area contributed by atoms with Gasteiger partial charge in [-0.2, -0.15) is 0 Å². The molecule has 0 aliphatic rings. The highest BCUT2D eigenvalue weighted by atomic mass is 32.2. The van der Waals surface area contributed by atoms with Crippen LogP contribution in [-0.4, -0.2) is 20.8 Å². The molecule has 0 fully saturated rings. The fourth-order valence-electron chi connectivity index (χ4n) is 2.19. The predicted molar refractivity (Wildman–Crippen MR) is 91.5 cm³/mol. The molecule has 3 aromatic rings. The van der Waals surface area contributed by atoms with Gasteiger partial charge in [0.05, 0.1) is 18.2 Å². The van der Waals surface area contributed by atoms with E-state index in [1.807, 2.05) is 11.4 Å². The van der Waals surface area contributed by atoms with E-state index in [2.05, 4.69) is 4.98 Å². The number of hydrogen-bond acceptors (Lipinski definition) is 5. The Morgan fingerprint density at radius 1 is 1.35 bits per heavy atom. The van der Waals surface area contributed by atoms with Crippen LogP contribution in [0.3, 0.4) is 0 Å². The Kier molecular flexibility index (Phi) is 4.79. The molecule has 23 heavy (non-hydrogen) atoms. The lowest BCUT2D eigenvalue weighted by Crippen LogP contribution is -2.27. The van der Waals surface area contributed by atoms with Crippen molar-refractivity contribution in [2.75, 3.05) is 0 Å². The number of aliphatic hydroxyl groups is 1. The van der Waals surface area contributed by atoms with Gasteiger partial charge in [-0.05, 0) is 36.1 Å². The molecule has 120 valence electrons. The highest BCUT2D eigenvalue weighted by molar-refractivity contribution is 7.98. The maximum atomic E-state index is 13.0. The molecule has 0 aliphatic carbocycles. The van der Waals surface area contributed by atoms with Crippen molar-refractivity contribution >= 4 is 33.3 Å². The van der Waals surface area contributed by atoms with Gasteiger partial charge < -0.3 is 5.11 Å². The van der Waals surface area contributed by atoms with Crippen molar-refractivity contribution in [2.24, 2.45) is 0 Å². The maximum absolute atomic E-state index is 13.0. The number of benzene rings is 1. The molecule has 3 rings (SSSR count). The SMILES string of the molecule is C[C@H](O)Cn1c(SCc2ccc(F)cc2)nc2ccsc2c1=O. The number of aliphatic hydroxyl groups excluding tert-OH is 1. The van der Waals surface area contributed by atoms with Gasteiger partial charge in [-0.25, -0.2) is 9.37 Å². The zero-order chi connectivity index (χ0) is 16.4. The summed E-state index contributed by atoms with van der Waals surface area (Å²) in [7, 11) is 0. The monoisotopic (exact) mass is 350 g/mol. The van der Waals surface area contributed by atoms with Crippen molar-refractivity contribution in [1.82, 2.24) is 9.55 Å².